The molecule has 3 heterocycles. The summed E-state index contributed by atoms with van der Waals surface area (Å²) in [6.07, 6.45) is 3.16. The van der Waals surface area contributed by atoms with E-state index in [1.807, 2.05) is 40.1 Å². The summed E-state index contributed by atoms with van der Waals surface area (Å²) in [6.45, 7) is 6.11. The van der Waals surface area contributed by atoms with Crippen LogP contribution in [0.15, 0.2) is 41.3 Å². The van der Waals surface area contributed by atoms with Crippen LogP contribution in [0.1, 0.15) is 26.7 Å². The Kier molecular flexibility index (Phi) is 7.48. The molecule has 186 valence electrons. The molecule has 1 aromatic carbocycles. The van der Waals surface area contributed by atoms with E-state index in [1.54, 1.807) is 13.1 Å². The molecular weight excluding hydrogens is 450 g/mol. The molecule has 2 aliphatic rings. The van der Waals surface area contributed by atoms with E-state index in [4.69, 9.17) is 4.74 Å². The van der Waals surface area contributed by atoms with E-state index < -0.39 is 11.7 Å². The van der Waals surface area contributed by atoms with Crippen LogP contribution < -0.4 is 15.4 Å². The van der Waals surface area contributed by atoms with Gasteiger partial charge in [-0.25, -0.2) is 0 Å². The van der Waals surface area contributed by atoms with Gasteiger partial charge in [-0.15, -0.1) is 0 Å². The van der Waals surface area contributed by atoms with Crippen LogP contribution in [-0.2, 0) is 19.1 Å². The number of rotatable bonds is 6. The van der Waals surface area contributed by atoms with E-state index >= 15 is 0 Å². The number of esters is 1. The van der Waals surface area contributed by atoms with Gasteiger partial charge in [0.15, 0.2) is 0 Å². The van der Waals surface area contributed by atoms with E-state index in [-0.39, 0.29) is 17.4 Å². The van der Waals surface area contributed by atoms with Crippen molar-refractivity contribution in [1.82, 2.24) is 14.7 Å². The number of amides is 1. The molecule has 0 radical (unpaired) electrons. The molecule has 0 saturated carbocycles. The summed E-state index contributed by atoms with van der Waals surface area (Å²) in [5.41, 5.74) is 1.55. The van der Waals surface area contributed by atoms with Crippen molar-refractivity contribution >= 4 is 29.0 Å². The van der Waals surface area contributed by atoms with Gasteiger partial charge in [-0.2, -0.15) is 9.78 Å². The molecule has 2 aromatic rings. The van der Waals surface area contributed by atoms with Gasteiger partial charge >= 0.3 is 5.97 Å². The van der Waals surface area contributed by atoms with Gasteiger partial charge in [0.2, 0.25) is 5.78 Å². The summed E-state index contributed by atoms with van der Waals surface area (Å²) >= 11 is 0. The minimum Gasteiger partial charge on any atom is -0.466 e. The lowest BCUT2D eigenvalue weighted by molar-refractivity contribution is -0.148. The van der Waals surface area contributed by atoms with Crippen molar-refractivity contribution in [3.8, 4) is 5.69 Å². The fraction of sp³-hybridized carbons (Fsp3) is 0.480. The zero-order valence-corrected chi connectivity index (χ0v) is 20.2. The average Bonchev–Trinajstić information content (AvgIpc) is 2.89. The van der Waals surface area contributed by atoms with Crippen molar-refractivity contribution in [2.24, 2.45) is 5.92 Å². The van der Waals surface area contributed by atoms with Crippen molar-refractivity contribution in [3.63, 3.8) is 0 Å². The van der Waals surface area contributed by atoms with Gasteiger partial charge in [-0.1, -0.05) is 18.2 Å². The number of ketones is 1. The van der Waals surface area contributed by atoms with Gasteiger partial charge in [-0.05, 0) is 31.9 Å². The number of nitrogens with zero attached hydrogens (tertiary/aromatic N) is 5. The summed E-state index contributed by atoms with van der Waals surface area (Å²) in [7, 11) is 0. The second-order valence-electron chi connectivity index (χ2n) is 8.80. The Morgan fingerprint density at radius 2 is 1.74 bits per heavy atom. The van der Waals surface area contributed by atoms with E-state index in [9.17, 15) is 19.2 Å². The van der Waals surface area contributed by atoms with Crippen LogP contribution in [0.5, 0.6) is 0 Å². The van der Waals surface area contributed by atoms with Crippen LogP contribution in [-0.4, -0.2) is 78.2 Å². The number of carbonyl (C=O) groups excluding carboxylic acids is 3. The Labute approximate surface area is 204 Å². The second-order valence-corrected chi connectivity index (χ2v) is 8.80. The Hall–Kier alpha value is -3.69. The average molecular weight is 482 g/mol. The molecule has 2 saturated heterocycles. The highest BCUT2D eigenvalue weighted by atomic mass is 16.5. The number of para-hydroxylation sites is 1. The normalized spacial score (nSPS) is 18.3. The van der Waals surface area contributed by atoms with Crippen molar-refractivity contribution in [1.29, 1.82) is 0 Å². The minimum atomic E-state index is -0.490. The number of anilines is 2. The first-order valence-corrected chi connectivity index (χ1v) is 12.0. The van der Waals surface area contributed by atoms with Crippen LogP contribution in [0, 0.1) is 5.92 Å². The van der Waals surface area contributed by atoms with Crippen molar-refractivity contribution in [3.05, 3.63) is 46.9 Å². The molecule has 0 N–H and O–H groups in total. The van der Waals surface area contributed by atoms with Gasteiger partial charge in [0, 0.05) is 46.2 Å². The number of ether oxygens (including phenoxy) is 1. The van der Waals surface area contributed by atoms with Crippen LogP contribution in [0.25, 0.3) is 5.69 Å². The third-order valence-corrected chi connectivity index (χ3v) is 6.50. The number of piperazine rings is 1. The highest BCUT2D eigenvalue weighted by molar-refractivity contribution is 6.35. The zero-order chi connectivity index (χ0) is 24.9. The largest absolute Gasteiger partial charge is 0.466 e. The lowest BCUT2D eigenvalue weighted by atomic mass is 9.97. The van der Waals surface area contributed by atoms with Gasteiger partial charge < -0.3 is 19.4 Å². The molecule has 1 atom stereocenters. The van der Waals surface area contributed by atoms with Crippen LogP contribution >= 0.6 is 0 Å². The highest BCUT2D eigenvalue weighted by Crippen LogP contribution is 2.30. The maximum absolute atomic E-state index is 13.8. The maximum atomic E-state index is 13.8. The molecule has 2 fully saturated rings. The molecular formula is C25H31N5O5. The Morgan fingerprint density at radius 3 is 2.40 bits per heavy atom. The standard InChI is InChI=1S/C25H31N5O5/c1-3-35-25(34)19-8-7-11-29(17-19)22-21(27-12-14-28(15-13-27)23(32)18(2)31)16-26-30(24(22)33)20-9-5-4-6-10-20/h4-6,9-10,16,19H,3,7-8,11-15,17H2,1-2H3. The van der Waals surface area contributed by atoms with Crippen molar-refractivity contribution < 1.29 is 19.1 Å². The van der Waals surface area contributed by atoms with Gasteiger partial charge in [0.25, 0.3) is 11.5 Å². The summed E-state index contributed by atoms with van der Waals surface area (Å²) in [4.78, 5) is 55.4. The monoisotopic (exact) mass is 481 g/mol. The smallest absolute Gasteiger partial charge is 0.310 e. The van der Waals surface area contributed by atoms with Gasteiger partial charge in [0.1, 0.15) is 5.69 Å². The number of benzene rings is 1. The molecule has 1 unspecified atom stereocenters. The molecule has 35 heavy (non-hydrogen) atoms. The third kappa shape index (κ3) is 5.21. The number of piperidine rings is 1. The molecule has 0 bridgehead atoms. The molecule has 1 amide bonds. The predicted molar refractivity (Wildman–Crippen MR) is 131 cm³/mol. The summed E-state index contributed by atoms with van der Waals surface area (Å²) in [5.74, 6) is -1.52. The van der Waals surface area contributed by atoms with E-state index in [0.29, 0.717) is 69.4 Å². The van der Waals surface area contributed by atoms with E-state index in [1.165, 1.54) is 16.5 Å². The van der Waals surface area contributed by atoms with Crippen LogP contribution in [0.4, 0.5) is 11.4 Å². The fourth-order valence-corrected chi connectivity index (χ4v) is 4.72. The summed E-state index contributed by atoms with van der Waals surface area (Å²) in [6, 6.07) is 9.21. The lowest BCUT2D eigenvalue weighted by Gasteiger charge is -2.39. The SMILES string of the molecule is CCOC(=O)C1CCCN(c2c(N3CCN(C(=O)C(C)=O)CC3)cnn(-c3ccccc3)c2=O)C1. The Balaban J connectivity index is 1.69. The maximum Gasteiger partial charge on any atom is 0.310 e. The number of hydrogen-bond acceptors (Lipinski definition) is 8. The molecule has 2 aliphatic heterocycles. The Morgan fingerprint density at radius 1 is 1.03 bits per heavy atom. The minimum absolute atomic E-state index is 0.243. The number of carbonyl (C=O) groups is 3. The first kappa shape index (κ1) is 24.4. The number of hydrogen-bond donors (Lipinski definition) is 0. The van der Waals surface area contributed by atoms with Crippen LogP contribution in [0.2, 0.25) is 0 Å². The topological polar surface area (TPSA) is 105 Å². The summed E-state index contributed by atoms with van der Waals surface area (Å²) < 4.78 is 6.63. The number of Topliss-reactive ketones (excluding diaryl/α,β-unsaturated/α-hetero) is 1. The van der Waals surface area contributed by atoms with Crippen LogP contribution in [0.3, 0.4) is 0 Å². The lowest BCUT2D eigenvalue weighted by Crippen LogP contribution is -2.51. The second kappa shape index (κ2) is 10.7. The third-order valence-electron chi connectivity index (χ3n) is 6.50. The molecule has 0 spiro atoms. The number of aromatic nitrogens is 2. The van der Waals surface area contributed by atoms with Crippen molar-refractivity contribution in [2.45, 2.75) is 26.7 Å². The molecule has 10 nitrogen and oxygen atoms in total. The predicted octanol–water partition coefficient (Wildman–Crippen LogP) is 1.25. The quantitative estimate of drug-likeness (QED) is 0.449. The van der Waals surface area contributed by atoms with Gasteiger partial charge in [-0.3, -0.25) is 19.2 Å². The first-order valence-electron chi connectivity index (χ1n) is 12.0. The molecule has 1 aromatic heterocycles. The molecule has 0 aliphatic carbocycles. The zero-order valence-electron chi connectivity index (χ0n) is 20.2. The summed E-state index contributed by atoms with van der Waals surface area (Å²) in [5, 5.41) is 4.45. The molecule has 10 heteroatoms. The molecule has 4 rings (SSSR count). The van der Waals surface area contributed by atoms with E-state index in [0.717, 1.165) is 6.42 Å². The van der Waals surface area contributed by atoms with E-state index in [2.05, 4.69) is 5.10 Å². The Bertz CT molecular complexity index is 1140. The highest BCUT2D eigenvalue weighted by Gasteiger charge is 2.32. The van der Waals surface area contributed by atoms with Gasteiger partial charge in [0.05, 0.1) is 30.1 Å². The first-order chi connectivity index (χ1) is 16.9. The van der Waals surface area contributed by atoms with Crippen molar-refractivity contribution in [2.75, 3.05) is 55.7 Å². The fourth-order valence-electron chi connectivity index (χ4n) is 4.72.